The smallest absolute Gasteiger partial charge is 0.306 e. The van der Waals surface area contributed by atoms with Crippen LogP contribution in [0, 0.1) is 0 Å². The first-order chi connectivity index (χ1) is 6.60. The molecule has 0 radical (unpaired) electrons. The summed E-state index contributed by atoms with van der Waals surface area (Å²) in [6, 6.07) is 0. The van der Waals surface area contributed by atoms with E-state index >= 15 is 0 Å². The van der Waals surface area contributed by atoms with E-state index in [1.165, 1.54) is 0 Å². The Morgan fingerprint density at radius 3 is 2.27 bits per heavy atom. The fourth-order valence-corrected chi connectivity index (χ4v) is 2.19. The lowest BCUT2D eigenvalue weighted by Gasteiger charge is -2.38. The molecule has 0 amide bonds. The number of carboxylic acid groups (broad SMARTS) is 1. The second-order valence-corrected chi connectivity index (χ2v) is 10.0. The summed E-state index contributed by atoms with van der Waals surface area (Å²) in [7, 11) is -1.89. The highest BCUT2D eigenvalue weighted by Gasteiger charge is 2.38. The average Bonchev–Trinajstić information content (AvgIpc) is 1.99. The third-order valence-electron chi connectivity index (χ3n) is 2.89. The summed E-state index contributed by atoms with van der Waals surface area (Å²) < 4.78 is 5.90. The maximum atomic E-state index is 10.6. The molecule has 88 valence electrons. The number of rotatable bonds is 5. The molecule has 0 heterocycles. The molecule has 3 nitrogen and oxygen atoms in total. The van der Waals surface area contributed by atoms with Crippen molar-refractivity contribution in [3.05, 3.63) is 12.7 Å². The summed E-state index contributed by atoms with van der Waals surface area (Å²) in [4.78, 5) is 10.6. The first kappa shape index (κ1) is 14.4. The molecule has 1 N–H and O–H groups in total. The van der Waals surface area contributed by atoms with E-state index in [9.17, 15) is 4.79 Å². The normalized spacial score (nSPS) is 14.7. The summed E-state index contributed by atoms with van der Waals surface area (Å²) in [5.74, 6) is -0.849. The van der Waals surface area contributed by atoms with E-state index in [1.807, 2.05) is 0 Å². The lowest BCUT2D eigenvalue weighted by Crippen LogP contribution is -2.43. The van der Waals surface area contributed by atoms with E-state index < -0.39 is 14.3 Å². The quantitative estimate of drug-likeness (QED) is 0.583. The van der Waals surface area contributed by atoms with Crippen LogP contribution in [0.5, 0.6) is 0 Å². The third-order valence-corrected chi connectivity index (χ3v) is 7.40. The Labute approximate surface area is 93.3 Å². The Hall–Kier alpha value is -0.613. The highest BCUT2D eigenvalue weighted by atomic mass is 28.4. The van der Waals surface area contributed by atoms with Crippen LogP contribution in [0.3, 0.4) is 0 Å². The number of hydrogen-bond acceptors (Lipinski definition) is 2. The minimum atomic E-state index is -1.89. The van der Waals surface area contributed by atoms with Gasteiger partial charge in [-0.15, -0.1) is 6.58 Å². The molecule has 0 aromatic rings. The van der Waals surface area contributed by atoms with E-state index in [2.05, 4.69) is 40.4 Å². The van der Waals surface area contributed by atoms with Gasteiger partial charge in [0.25, 0.3) is 0 Å². The maximum Gasteiger partial charge on any atom is 0.306 e. The predicted octanol–water partition coefficient (Wildman–Crippen LogP) is 3.04. The predicted molar refractivity (Wildman–Crippen MR) is 64.5 cm³/mol. The van der Waals surface area contributed by atoms with Crippen LogP contribution in [0.15, 0.2) is 12.7 Å². The second kappa shape index (κ2) is 4.94. The molecule has 0 aliphatic rings. The van der Waals surface area contributed by atoms with E-state index in [-0.39, 0.29) is 17.6 Å². The molecule has 0 saturated heterocycles. The molecular formula is C11H22O3Si. The van der Waals surface area contributed by atoms with Gasteiger partial charge in [0.15, 0.2) is 8.32 Å². The van der Waals surface area contributed by atoms with E-state index in [0.29, 0.717) is 0 Å². The first-order valence-electron chi connectivity index (χ1n) is 5.12. The fourth-order valence-electron chi connectivity index (χ4n) is 0.900. The van der Waals surface area contributed by atoms with Crippen molar-refractivity contribution in [2.24, 2.45) is 0 Å². The monoisotopic (exact) mass is 230 g/mol. The topological polar surface area (TPSA) is 46.5 Å². The van der Waals surface area contributed by atoms with E-state index in [4.69, 9.17) is 9.53 Å². The Morgan fingerprint density at radius 1 is 1.53 bits per heavy atom. The minimum absolute atomic E-state index is 0.00396. The molecule has 0 bridgehead atoms. The van der Waals surface area contributed by atoms with Crippen LogP contribution in [0.25, 0.3) is 0 Å². The molecule has 0 aromatic carbocycles. The molecule has 0 spiro atoms. The second-order valence-electron chi connectivity index (χ2n) is 5.25. The number of carbonyl (C=O) groups is 1. The molecular weight excluding hydrogens is 208 g/mol. The van der Waals surface area contributed by atoms with Crippen molar-refractivity contribution in [3.63, 3.8) is 0 Å². The van der Waals surface area contributed by atoms with Gasteiger partial charge >= 0.3 is 5.97 Å². The molecule has 0 aromatic heterocycles. The summed E-state index contributed by atoms with van der Waals surface area (Å²) in [6.45, 7) is 14.2. The minimum Gasteiger partial charge on any atom is -0.481 e. The largest absolute Gasteiger partial charge is 0.481 e. The Morgan fingerprint density at radius 2 is 2.00 bits per heavy atom. The first-order valence-corrected chi connectivity index (χ1v) is 8.03. The van der Waals surface area contributed by atoms with Crippen LogP contribution in [0.2, 0.25) is 18.1 Å². The molecule has 0 aliphatic heterocycles. The van der Waals surface area contributed by atoms with Crippen molar-refractivity contribution in [1.82, 2.24) is 0 Å². The Bertz CT molecular complexity index is 241. The molecule has 15 heavy (non-hydrogen) atoms. The summed E-state index contributed by atoms with van der Waals surface area (Å²) in [5.41, 5.74) is 0. The van der Waals surface area contributed by atoms with Gasteiger partial charge in [0.05, 0.1) is 12.5 Å². The summed E-state index contributed by atoms with van der Waals surface area (Å²) in [5, 5.41) is 8.79. The van der Waals surface area contributed by atoms with Crippen LogP contribution in [0.1, 0.15) is 27.2 Å². The van der Waals surface area contributed by atoms with Gasteiger partial charge < -0.3 is 9.53 Å². The molecule has 0 fully saturated rings. The SMILES string of the molecule is C=C[C@H](CC(=O)O)O[Si](C)(C)C(C)(C)C. The van der Waals surface area contributed by atoms with Gasteiger partial charge in [-0.1, -0.05) is 26.8 Å². The lowest BCUT2D eigenvalue weighted by atomic mass is 10.2. The standard InChI is InChI=1S/C11H22O3Si/c1-7-9(8-10(12)13)14-15(5,6)11(2,3)4/h7,9H,1,8H2,2-6H3,(H,12,13)/t9-/m1/s1. The van der Waals surface area contributed by atoms with Crippen molar-refractivity contribution in [2.75, 3.05) is 0 Å². The highest BCUT2D eigenvalue weighted by Crippen LogP contribution is 2.37. The highest BCUT2D eigenvalue weighted by molar-refractivity contribution is 6.74. The van der Waals surface area contributed by atoms with Crippen molar-refractivity contribution in [3.8, 4) is 0 Å². The average molecular weight is 230 g/mol. The third kappa shape index (κ3) is 4.62. The molecule has 0 aliphatic carbocycles. The summed E-state index contributed by atoms with van der Waals surface area (Å²) in [6.07, 6.45) is 1.20. The van der Waals surface area contributed by atoms with Gasteiger partial charge in [-0.3, -0.25) is 4.79 Å². The van der Waals surface area contributed by atoms with Crippen LogP contribution in [-0.2, 0) is 9.22 Å². The van der Waals surface area contributed by atoms with Gasteiger partial charge in [0.2, 0.25) is 0 Å². The van der Waals surface area contributed by atoms with Gasteiger partial charge in [0.1, 0.15) is 0 Å². The molecule has 0 unspecified atom stereocenters. The zero-order valence-electron chi connectivity index (χ0n) is 10.3. The van der Waals surface area contributed by atoms with Crippen LogP contribution < -0.4 is 0 Å². The van der Waals surface area contributed by atoms with Crippen molar-refractivity contribution < 1.29 is 14.3 Å². The van der Waals surface area contributed by atoms with E-state index in [0.717, 1.165) is 0 Å². The van der Waals surface area contributed by atoms with Gasteiger partial charge in [0, 0.05) is 0 Å². The zero-order valence-corrected chi connectivity index (χ0v) is 11.3. The lowest BCUT2D eigenvalue weighted by molar-refractivity contribution is -0.138. The fraction of sp³-hybridized carbons (Fsp3) is 0.727. The zero-order chi connectivity index (χ0) is 12.3. The van der Waals surface area contributed by atoms with Gasteiger partial charge in [-0.2, -0.15) is 0 Å². The summed E-state index contributed by atoms with van der Waals surface area (Å²) >= 11 is 0. The van der Waals surface area contributed by atoms with Crippen LogP contribution in [-0.4, -0.2) is 25.5 Å². The number of carboxylic acids is 1. The molecule has 4 heteroatoms. The van der Waals surface area contributed by atoms with Crippen LogP contribution in [0.4, 0.5) is 0 Å². The Kier molecular flexibility index (Phi) is 4.74. The van der Waals surface area contributed by atoms with Crippen molar-refractivity contribution >= 4 is 14.3 Å². The van der Waals surface area contributed by atoms with Gasteiger partial charge in [-0.25, -0.2) is 0 Å². The van der Waals surface area contributed by atoms with Crippen LogP contribution >= 0.6 is 0 Å². The van der Waals surface area contributed by atoms with Crippen molar-refractivity contribution in [1.29, 1.82) is 0 Å². The van der Waals surface area contributed by atoms with Gasteiger partial charge in [-0.05, 0) is 18.1 Å². The molecule has 0 rings (SSSR count). The maximum absolute atomic E-state index is 10.6. The molecule has 1 atom stereocenters. The Balaban J connectivity index is 4.54. The molecule has 0 saturated carbocycles. The number of aliphatic carboxylic acids is 1. The van der Waals surface area contributed by atoms with E-state index in [1.54, 1.807) is 6.08 Å². The number of hydrogen-bond donors (Lipinski definition) is 1. The van der Waals surface area contributed by atoms with Crippen molar-refractivity contribution in [2.45, 2.75) is 51.4 Å².